The van der Waals surface area contributed by atoms with Crippen molar-refractivity contribution in [1.29, 1.82) is 0 Å². The van der Waals surface area contributed by atoms with E-state index in [0.717, 1.165) is 12.8 Å². The highest BCUT2D eigenvalue weighted by Crippen LogP contribution is 2.28. The third-order valence-corrected chi connectivity index (χ3v) is 4.11. The van der Waals surface area contributed by atoms with Gasteiger partial charge >= 0.3 is 6.36 Å². The molecule has 0 unspecified atom stereocenters. The summed E-state index contributed by atoms with van der Waals surface area (Å²) >= 11 is 1.34. The number of hydrogen-bond acceptors (Lipinski definition) is 4. The van der Waals surface area contributed by atoms with Crippen molar-refractivity contribution >= 4 is 17.2 Å². The molecule has 2 aromatic rings. The predicted octanol–water partition coefficient (Wildman–Crippen LogP) is 3.53. The fourth-order valence-electron chi connectivity index (χ4n) is 1.99. The van der Waals surface area contributed by atoms with Gasteiger partial charge in [-0.2, -0.15) is 0 Å². The van der Waals surface area contributed by atoms with Crippen LogP contribution in [0.5, 0.6) is 5.75 Å². The zero-order valence-electron chi connectivity index (χ0n) is 11.9. The number of thiazole rings is 1. The maximum absolute atomic E-state index is 12.1. The first kappa shape index (κ1) is 15.8. The smallest absolute Gasteiger partial charge is 0.406 e. The van der Waals surface area contributed by atoms with Crippen molar-refractivity contribution in [3.63, 3.8) is 0 Å². The molecule has 0 aliphatic heterocycles. The van der Waals surface area contributed by atoms with Gasteiger partial charge in [0.1, 0.15) is 10.8 Å². The van der Waals surface area contributed by atoms with Crippen LogP contribution in [0.15, 0.2) is 29.6 Å². The molecule has 1 N–H and O–H groups in total. The molecule has 1 saturated carbocycles. The third-order valence-electron chi connectivity index (χ3n) is 3.17. The van der Waals surface area contributed by atoms with E-state index in [0.29, 0.717) is 22.3 Å². The van der Waals surface area contributed by atoms with Gasteiger partial charge in [-0.05, 0) is 37.1 Å². The number of hydrogen-bond donors (Lipinski definition) is 1. The minimum absolute atomic E-state index is 0.0572. The van der Waals surface area contributed by atoms with Crippen molar-refractivity contribution in [3.05, 3.63) is 35.3 Å². The summed E-state index contributed by atoms with van der Waals surface area (Å²) in [7, 11) is 0. The van der Waals surface area contributed by atoms with Crippen LogP contribution in [0.2, 0.25) is 0 Å². The quantitative estimate of drug-likeness (QED) is 0.904. The second-order valence-corrected chi connectivity index (χ2v) is 6.09. The molecule has 1 aliphatic rings. The van der Waals surface area contributed by atoms with Gasteiger partial charge in [-0.25, -0.2) is 4.98 Å². The maximum Gasteiger partial charge on any atom is 0.573 e. The van der Waals surface area contributed by atoms with Crippen LogP contribution in [0.1, 0.15) is 18.5 Å². The average Bonchev–Trinajstić information content (AvgIpc) is 3.14. The largest absolute Gasteiger partial charge is 0.573 e. The van der Waals surface area contributed by atoms with E-state index in [-0.39, 0.29) is 18.1 Å². The Labute approximate surface area is 134 Å². The number of benzene rings is 1. The predicted molar refractivity (Wildman–Crippen MR) is 79.1 cm³/mol. The lowest BCUT2D eigenvalue weighted by Crippen LogP contribution is -2.27. The Balaban J connectivity index is 1.63. The zero-order valence-corrected chi connectivity index (χ0v) is 12.7. The second kappa shape index (κ2) is 6.19. The number of carbonyl (C=O) groups is 1. The Hall–Kier alpha value is -2.09. The van der Waals surface area contributed by atoms with Gasteiger partial charge in [0.25, 0.3) is 0 Å². The Bertz CT molecular complexity index is 693. The van der Waals surface area contributed by atoms with E-state index in [9.17, 15) is 18.0 Å². The van der Waals surface area contributed by atoms with Crippen LogP contribution in [0.3, 0.4) is 0 Å². The van der Waals surface area contributed by atoms with Crippen LogP contribution in [0.25, 0.3) is 10.6 Å². The van der Waals surface area contributed by atoms with Crippen molar-refractivity contribution < 1.29 is 22.7 Å². The fourth-order valence-corrected chi connectivity index (χ4v) is 2.82. The SMILES string of the molecule is O=C(Cc1csc(-c2ccc(OC(F)(F)F)cc2)n1)NC1CC1. The Morgan fingerprint density at radius 3 is 2.61 bits per heavy atom. The molecule has 4 nitrogen and oxygen atoms in total. The minimum atomic E-state index is -4.70. The first-order valence-electron chi connectivity index (χ1n) is 6.99. The van der Waals surface area contributed by atoms with Crippen LogP contribution in [-0.2, 0) is 11.2 Å². The van der Waals surface area contributed by atoms with Gasteiger partial charge in [-0.1, -0.05) is 0 Å². The van der Waals surface area contributed by atoms with Gasteiger partial charge in [0.2, 0.25) is 5.91 Å². The molecule has 0 spiro atoms. The lowest BCUT2D eigenvalue weighted by molar-refractivity contribution is -0.274. The summed E-state index contributed by atoms with van der Waals surface area (Å²) < 4.78 is 40.2. The van der Waals surface area contributed by atoms with E-state index in [1.54, 1.807) is 5.38 Å². The summed E-state index contributed by atoms with van der Waals surface area (Å²) in [6.07, 6.45) is -2.44. The first-order valence-corrected chi connectivity index (χ1v) is 7.87. The topological polar surface area (TPSA) is 51.2 Å². The Kier molecular flexibility index (Phi) is 4.25. The number of rotatable bonds is 5. The molecule has 8 heteroatoms. The third kappa shape index (κ3) is 4.69. The molecule has 0 saturated heterocycles. The van der Waals surface area contributed by atoms with Crippen molar-refractivity contribution in [2.24, 2.45) is 0 Å². The Morgan fingerprint density at radius 1 is 1.30 bits per heavy atom. The molecule has 23 heavy (non-hydrogen) atoms. The molecule has 122 valence electrons. The van der Waals surface area contributed by atoms with Crippen molar-refractivity contribution in [3.8, 4) is 16.3 Å². The molecule has 1 aliphatic carbocycles. The van der Waals surface area contributed by atoms with E-state index in [4.69, 9.17) is 0 Å². The molecule has 0 atom stereocenters. The number of nitrogens with one attached hydrogen (secondary N) is 1. The van der Waals surface area contributed by atoms with Crippen LogP contribution < -0.4 is 10.1 Å². The second-order valence-electron chi connectivity index (χ2n) is 5.23. The number of ether oxygens (including phenoxy) is 1. The summed E-state index contributed by atoms with van der Waals surface area (Å²) in [6, 6.07) is 5.80. The molecular formula is C15H13F3N2O2S. The number of nitrogens with zero attached hydrogens (tertiary/aromatic N) is 1. The lowest BCUT2D eigenvalue weighted by Gasteiger charge is -2.08. The number of alkyl halides is 3. The molecule has 1 fully saturated rings. The van der Waals surface area contributed by atoms with Gasteiger partial charge in [-0.15, -0.1) is 24.5 Å². The van der Waals surface area contributed by atoms with Crippen LogP contribution in [0.4, 0.5) is 13.2 Å². The fraction of sp³-hybridized carbons (Fsp3) is 0.333. The Morgan fingerprint density at radius 2 is 2.00 bits per heavy atom. The van der Waals surface area contributed by atoms with E-state index in [1.165, 1.54) is 35.6 Å². The number of aromatic nitrogens is 1. The van der Waals surface area contributed by atoms with E-state index in [2.05, 4.69) is 15.0 Å². The van der Waals surface area contributed by atoms with Crippen LogP contribution in [0, 0.1) is 0 Å². The maximum atomic E-state index is 12.1. The summed E-state index contributed by atoms with van der Waals surface area (Å²) in [6.45, 7) is 0. The van der Waals surface area contributed by atoms with E-state index >= 15 is 0 Å². The minimum Gasteiger partial charge on any atom is -0.406 e. The lowest BCUT2D eigenvalue weighted by atomic mass is 10.2. The summed E-state index contributed by atoms with van der Waals surface area (Å²) in [5, 5.41) is 5.31. The molecule has 0 radical (unpaired) electrons. The monoisotopic (exact) mass is 342 g/mol. The van der Waals surface area contributed by atoms with E-state index in [1.807, 2.05) is 0 Å². The summed E-state index contributed by atoms with van der Waals surface area (Å²) in [4.78, 5) is 16.1. The highest BCUT2D eigenvalue weighted by molar-refractivity contribution is 7.13. The van der Waals surface area contributed by atoms with Gasteiger partial charge in [-0.3, -0.25) is 4.79 Å². The number of halogens is 3. The van der Waals surface area contributed by atoms with Crippen LogP contribution in [-0.4, -0.2) is 23.3 Å². The highest BCUT2D eigenvalue weighted by atomic mass is 32.1. The van der Waals surface area contributed by atoms with Gasteiger partial charge in [0, 0.05) is 17.0 Å². The number of amides is 1. The molecule has 0 bridgehead atoms. The van der Waals surface area contributed by atoms with Crippen molar-refractivity contribution in [2.75, 3.05) is 0 Å². The van der Waals surface area contributed by atoms with Gasteiger partial charge in [0.05, 0.1) is 12.1 Å². The molecule has 1 heterocycles. The van der Waals surface area contributed by atoms with E-state index < -0.39 is 6.36 Å². The van der Waals surface area contributed by atoms with Crippen LogP contribution >= 0.6 is 11.3 Å². The van der Waals surface area contributed by atoms with Gasteiger partial charge in [0.15, 0.2) is 0 Å². The molecule has 1 aromatic heterocycles. The normalized spacial score (nSPS) is 14.6. The highest BCUT2D eigenvalue weighted by Gasteiger charge is 2.31. The summed E-state index contributed by atoms with van der Waals surface area (Å²) in [5.41, 5.74) is 1.33. The van der Waals surface area contributed by atoms with Crippen molar-refractivity contribution in [1.82, 2.24) is 10.3 Å². The number of carbonyl (C=O) groups excluding carboxylic acids is 1. The van der Waals surface area contributed by atoms with Gasteiger partial charge < -0.3 is 10.1 Å². The zero-order chi connectivity index (χ0) is 16.4. The van der Waals surface area contributed by atoms with Crippen molar-refractivity contribution in [2.45, 2.75) is 31.7 Å². The average molecular weight is 342 g/mol. The molecular weight excluding hydrogens is 329 g/mol. The molecule has 1 amide bonds. The molecule has 3 rings (SSSR count). The first-order chi connectivity index (χ1) is 10.9. The molecule has 1 aromatic carbocycles. The standard InChI is InChI=1S/C15H13F3N2O2S/c16-15(17,18)22-12-5-1-9(2-6-12)14-20-11(8-23-14)7-13(21)19-10-3-4-10/h1-2,5-6,8,10H,3-4,7H2,(H,19,21). The summed E-state index contributed by atoms with van der Waals surface area (Å²) in [5.74, 6) is -0.333.